The summed E-state index contributed by atoms with van der Waals surface area (Å²) >= 11 is 0. The Morgan fingerprint density at radius 1 is 1.00 bits per heavy atom. The first kappa shape index (κ1) is 18.2. The normalized spacial score (nSPS) is 10.5. The van der Waals surface area contributed by atoms with E-state index in [4.69, 9.17) is 18.6 Å². The number of benzene rings is 2. The molecule has 144 valence electrons. The van der Waals surface area contributed by atoms with Crippen LogP contribution >= 0.6 is 0 Å². The molecular weight excluding hydrogens is 374 g/mol. The van der Waals surface area contributed by atoms with Gasteiger partial charge in [0.25, 0.3) is 0 Å². The van der Waals surface area contributed by atoms with E-state index in [2.05, 4.69) is 4.98 Å². The molecule has 29 heavy (non-hydrogen) atoms. The van der Waals surface area contributed by atoms with E-state index >= 15 is 0 Å². The van der Waals surface area contributed by atoms with Crippen LogP contribution in [-0.4, -0.2) is 18.1 Å². The van der Waals surface area contributed by atoms with Crippen LogP contribution < -0.4 is 19.6 Å². The van der Waals surface area contributed by atoms with Crippen LogP contribution in [0.25, 0.3) is 11.0 Å². The number of pyridine rings is 1. The lowest BCUT2D eigenvalue weighted by Crippen LogP contribution is -2.09. The van der Waals surface area contributed by atoms with E-state index in [-0.39, 0.29) is 22.5 Å². The number of methoxy groups -OCH3 is 1. The lowest BCUT2D eigenvalue weighted by atomic mass is 10.2. The maximum absolute atomic E-state index is 12.7. The van der Waals surface area contributed by atoms with E-state index in [0.29, 0.717) is 22.4 Å². The molecule has 2 aromatic heterocycles. The Labute approximate surface area is 165 Å². The first-order valence-electron chi connectivity index (χ1n) is 8.64. The second kappa shape index (κ2) is 7.85. The molecule has 0 aliphatic carbocycles. The number of ether oxygens (including phenoxy) is 3. The summed E-state index contributed by atoms with van der Waals surface area (Å²) in [7, 11) is 1.57. The van der Waals surface area contributed by atoms with Crippen molar-refractivity contribution in [2.45, 2.75) is 0 Å². The number of esters is 1. The minimum Gasteiger partial charge on any atom is -0.497 e. The predicted molar refractivity (Wildman–Crippen MR) is 105 cm³/mol. The molecule has 0 atom stereocenters. The second-order valence-electron chi connectivity index (χ2n) is 6.00. The predicted octanol–water partition coefficient (Wildman–Crippen LogP) is 4.21. The fourth-order valence-corrected chi connectivity index (χ4v) is 2.65. The van der Waals surface area contributed by atoms with E-state index < -0.39 is 5.97 Å². The third-order valence-corrected chi connectivity index (χ3v) is 4.11. The van der Waals surface area contributed by atoms with Gasteiger partial charge < -0.3 is 18.6 Å². The smallest absolute Gasteiger partial charge is 0.345 e. The summed E-state index contributed by atoms with van der Waals surface area (Å²) in [5.74, 6) is 0.885. The van der Waals surface area contributed by atoms with Gasteiger partial charge in [-0.05, 0) is 48.5 Å². The molecule has 0 saturated heterocycles. The maximum atomic E-state index is 12.7. The maximum Gasteiger partial charge on any atom is 0.345 e. The van der Waals surface area contributed by atoms with Crippen LogP contribution in [-0.2, 0) is 0 Å². The monoisotopic (exact) mass is 389 g/mol. The van der Waals surface area contributed by atoms with Crippen LogP contribution in [0.15, 0.2) is 82.5 Å². The van der Waals surface area contributed by atoms with Crippen molar-refractivity contribution in [3.63, 3.8) is 0 Å². The summed E-state index contributed by atoms with van der Waals surface area (Å²) in [6.45, 7) is 0. The molecule has 0 unspecified atom stereocenters. The van der Waals surface area contributed by atoms with Crippen LogP contribution in [0.3, 0.4) is 0 Å². The first-order chi connectivity index (χ1) is 14.1. The Balaban J connectivity index is 1.58. The zero-order valence-corrected chi connectivity index (χ0v) is 15.3. The van der Waals surface area contributed by atoms with Gasteiger partial charge in [-0.15, -0.1) is 0 Å². The van der Waals surface area contributed by atoms with E-state index in [9.17, 15) is 9.59 Å². The standard InChI is InChI=1S/C22H15NO6/c1-26-15-4-6-16(7-5-15)28-20-13-27-19-11-17(8-9-18(19)21(20)24)29-22(25)14-3-2-10-23-12-14/h2-13H,1H3. The summed E-state index contributed by atoms with van der Waals surface area (Å²) in [6.07, 6.45) is 4.20. The van der Waals surface area contributed by atoms with E-state index in [1.54, 1.807) is 49.7 Å². The van der Waals surface area contributed by atoms with E-state index in [1.807, 2.05) is 0 Å². The van der Waals surface area contributed by atoms with Gasteiger partial charge in [0, 0.05) is 18.5 Å². The van der Waals surface area contributed by atoms with Crippen molar-refractivity contribution in [2.75, 3.05) is 7.11 Å². The van der Waals surface area contributed by atoms with Crippen LogP contribution in [0, 0.1) is 0 Å². The van der Waals surface area contributed by atoms with Gasteiger partial charge in [0.2, 0.25) is 11.2 Å². The number of carbonyl (C=O) groups is 1. The van der Waals surface area contributed by atoms with Crippen LogP contribution in [0.2, 0.25) is 0 Å². The molecule has 4 aromatic rings. The number of aromatic nitrogens is 1. The molecule has 0 saturated carbocycles. The number of carbonyl (C=O) groups excluding carboxylic acids is 1. The Bertz CT molecular complexity index is 1220. The van der Waals surface area contributed by atoms with Gasteiger partial charge in [0.15, 0.2) is 0 Å². The highest BCUT2D eigenvalue weighted by Gasteiger charge is 2.13. The van der Waals surface area contributed by atoms with Gasteiger partial charge in [0.1, 0.15) is 29.1 Å². The molecule has 7 heteroatoms. The molecular formula is C22H15NO6. The van der Waals surface area contributed by atoms with E-state index in [1.165, 1.54) is 30.7 Å². The van der Waals surface area contributed by atoms with Crippen molar-refractivity contribution >= 4 is 16.9 Å². The zero-order valence-electron chi connectivity index (χ0n) is 15.3. The van der Waals surface area contributed by atoms with Crippen LogP contribution in [0.1, 0.15) is 10.4 Å². The SMILES string of the molecule is COc1ccc(Oc2coc3cc(OC(=O)c4cccnc4)ccc3c2=O)cc1. The van der Waals surface area contributed by atoms with E-state index in [0.717, 1.165) is 0 Å². The Morgan fingerprint density at radius 3 is 2.48 bits per heavy atom. The van der Waals surface area contributed by atoms with Crippen molar-refractivity contribution in [2.24, 2.45) is 0 Å². The van der Waals surface area contributed by atoms with Gasteiger partial charge in [-0.3, -0.25) is 9.78 Å². The average molecular weight is 389 g/mol. The summed E-state index contributed by atoms with van der Waals surface area (Å²) in [5, 5.41) is 0.303. The fraction of sp³-hybridized carbons (Fsp3) is 0.0455. The summed E-state index contributed by atoms with van der Waals surface area (Å²) in [4.78, 5) is 28.7. The molecule has 0 spiro atoms. The number of hydrogen-bond acceptors (Lipinski definition) is 7. The molecule has 2 aromatic carbocycles. The van der Waals surface area contributed by atoms with Gasteiger partial charge in [-0.1, -0.05) is 0 Å². The van der Waals surface area contributed by atoms with Gasteiger partial charge in [-0.25, -0.2) is 4.79 Å². The third-order valence-electron chi connectivity index (χ3n) is 4.11. The molecule has 0 amide bonds. The lowest BCUT2D eigenvalue weighted by molar-refractivity contribution is 0.0734. The number of fused-ring (bicyclic) bond motifs is 1. The number of rotatable bonds is 5. The minimum absolute atomic E-state index is 0.0442. The molecule has 0 fully saturated rings. The number of hydrogen-bond donors (Lipinski definition) is 0. The Hall–Kier alpha value is -4.13. The van der Waals surface area contributed by atoms with Crippen molar-refractivity contribution in [1.82, 2.24) is 4.98 Å². The largest absolute Gasteiger partial charge is 0.497 e. The minimum atomic E-state index is -0.556. The molecule has 4 rings (SSSR count). The van der Waals surface area contributed by atoms with Crippen molar-refractivity contribution < 1.29 is 23.4 Å². The molecule has 7 nitrogen and oxygen atoms in total. The highest BCUT2D eigenvalue weighted by molar-refractivity contribution is 5.91. The molecule has 0 aliphatic rings. The average Bonchev–Trinajstić information content (AvgIpc) is 2.77. The highest BCUT2D eigenvalue weighted by atomic mass is 16.5. The molecule has 0 N–H and O–H groups in total. The fourth-order valence-electron chi connectivity index (χ4n) is 2.65. The zero-order chi connectivity index (χ0) is 20.2. The topological polar surface area (TPSA) is 87.9 Å². The first-order valence-corrected chi connectivity index (χ1v) is 8.64. The Morgan fingerprint density at radius 2 is 1.76 bits per heavy atom. The van der Waals surface area contributed by atoms with Crippen LogP contribution in [0.5, 0.6) is 23.0 Å². The summed E-state index contributed by atoms with van der Waals surface area (Å²) in [6, 6.07) is 14.6. The van der Waals surface area contributed by atoms with Crippen molar-refractivity contribution in [3.05, 3.63) is 89.0 Å². The molecule has 2 heterocycles. The molecule has 0 aliphatic heterocycles. The Kier molecular flexibility index (Phi) is 4.94. The lowest BCUT2D eigenvalue weighted by Gasteiger charge is -2.08. The summed E-state index contributed by atoms with van der Waals surface area (Å²) in [5.41, 5.74) is 0.248. The van der Waals surface area contributed by atoms with Crippen LogP contribution in [0.4, 0.5) is 0 Å². The van der Waals surface area contributed by atoms with Gasteiger partial charge in [0.05, 0.1) is 18.1 Å². The van der Waals surface area contributed by atoms with Gasteiger partial charge in [-0.2, -0.15) is 0 Å². The summed E-state index contributed by atoms with van der Waals surface area (Å²) < 4.78 is 21.5. The third kappa shape index (κ3) is 3.93. The van der Waals surface area contributed by atoms with Crippen molar-refractivity contribution in [1.29, 1.82) is 0 Å². The quantitative estimate of drug-likeness (QED) is 0.373. The highest BCUT2D eigenvalue weighted by Crippen LogP contribution is 2.25. The second-order valence-corrected chi connectivity index (χ2v) is 6.00. The van der Waals surface area contributed by atoms with Gasteiger partial charge >= 0.3 is 5.97 Å². The van der Waals surface area contributed by atoms with Crippen molar-refractivity contribution in [3.8, 4) is 23.0 Å². The molecule has 0 radical (unpaired) electrons. The number of nitrogens with zero attached hydrogens (tertiary/aromatic N) is 1. The molecule has 0 bridgehead atoms.